The van der Waals surface area contributed by atoms with Crippen LogP contribution in [-0.2, 0) is 16.6 Å². The number of halogens is 2. The highest BCUT2D eigenvalue weighted by Gasteiger charge is 2.16. The topological polar surface area (TPSA) is 80.5 Å². The minimum atomic E-state index is -3.75. The molecule has 10 heteroatoms. The van der Waals surface area contributed by atoms with E-state index < -0.39 is 15.9 Å². The van der Waals surface area contributed by atoms with Gasteiger partial charge >= 0.3 is 0 Å². The molecule has 1 aromatic heterocycles. The zero-order valence-electron chi connectivity index (χ0n) is 17.7. The number of anilines is 1. The zero-order valence-corrected chi connectivity index (χ0v) is 20.9. The van der Waals surface area contributed by atoms with Crippen LogP contribution in [0.5, 0.6) is 0 Å². The number of nitrogens with zero attached hydrogens (tertiary/aromatic N) is 2. The lowest BCUT2D eigenvalue weighted by atomic mass is 10.2. The first-order chi connectivity index (χ1) is 16.2. The van der Waals surface area contributed by atoms with E-state index in [2.05, 4.69) is 15.6 Å². The molecule has 1 amide bonds. The van der Waals surface area contributed by atoms with E-state index in [0.717, 1.165) is 5.56 Å². The quantitative estimate of drug-likeness (QED) is 0.347. The van der Waals surface area contributed by atoms with Gasteiger partial charge in [0.05, 0.1) is 31.7 Å². The van der Waals surface area contributed by atoms with Crippen molar-refractivity contribution in [1.82, 2.24) is 4.57 Å². The summed E-state index contributed by atoms with van der Waals surface area (Å²) in [6.07, 6.45) is 5.50. The van der Waals surface area contributed by atoms with Crippen LogP contribution >= 0.6 is 34.5 Å². The highest BCUT2D eigenvalue weighted by Crippen LogP contribution is 2.31. The molecular formula is C24H17Cl2N3O3S2. The molecule has 0 saturated carbocycles. The number of benzene rings is 3. The van der Waals surface area contributed by atoms with E-state index in [9.17, 15) is 13.2 Å². The fraction of sp³-hybridized carbons (Fsp3) is 0.0833. The normalized spacial score (nSPS) is 12.0. The molecule has 3 aromatic carbocycles. The summed E-state index contributed by atoms with van der Waals surface area (Å²) in [4.78, 5) is 17.6. The molecule has 0 aliphatic heterocycles. The van der Waals surface area contributed by atoms with Gasteiger partial charge in [0, 0.05) is 11.3 Å². The lowest BCUT2D eigenvalue weighted by molar-refractivity contribution is 0.0998. The van der Waals surface area contributed by atoms with E-state index in [1.165, 1.54) is 47.7 Å². The predicted octanol–water partition coefficient (Wildman–Crippen LogP) is 5.49. The van der Waals surface area contributed by atoms with Gasteiger partial charge < -0.3 is 4.57 Å². The molecule has 0 saturated heterocycles. The van der Waals surface area contributed by atoms with E-state index in [4.69, 9.17) is 29.6 Å². The number of amides is 1. The fourth-order valence-corrected chi connectivity index (χ4v) is 5.90. The Morgan fingerprint density at radius 3 is 2.35 bits per heavy atom. The molecule has 172 valence electrons. The van der Waals surface area contributed by atoms with Gasteiger partial charge in [0.25, 0.3) is 15.9 Å². The molecule has 4 aromatic rings. The Hall–Kier alpha value is -3.09. The Kier molecular flexibility index (Phi) is 6.82. The molecule has 0 aliphatic carbocycles. The van der Waals surface area contributed by atoms with E-state index in [-0.39, 0.29) is 17.0 Å². The number of carbonyl (C=O) groups excluding carboxylic acids is 1. The van der Waals surface area contributed by atoms with Crippen molar-refractivity contribution in [3.63, 3.8) is 0 Å². The fourth-order valence-electron chi connectivity index (χ4n) is 3.20. The molecule has 4 rings (SSSR count). The first-order valence-corrected chi connectivity index (χ1v) is 12.9. The minimum absolute atomic E-state index is 0.147. The molecule has 0 atom stereocenters. The van der Waals surface area contributed by atoms with Gasteiger partial charge in [-0.1, -0.05) is 58.2 Å². The number of rotatable bonds is 5. The van der Waals surface area contributed by atoms with Crippen molar-refractivity contribution < 1.29 is 13.2 Å². The van der Waals surface area contributed by atoms with E-state index in [0.29, 0.717) is 30.8 Å². The Morgan fingerprint density at radius 1 is 1.06 bits per heavy atom. The molecule has 0 unspecified atom stereocenters. The zero-order chi connectivity index (χ0) is 24.5. The second kappa shape index (κ2) is 9.65. The van der Waals surface area contributed by atoms with Crippen LogP contribution in [0.25, 0.3) is 10.2 Å². The third kappa shape index (κ3) is 4.88. The van der Waals surface area contributed by atoms with Gasteiger partial charge in [0.15, 0.2) is 4.80 Å². The number of sulfonamides is 1. The van der Waals surface area contributed by atoms with Crippen LogP contribution in [0.4, 0.5) is 5.69 Å². The smallest absolute Gasteiger partial charge is 0.279 e. The molecule has 1 heterocycles. The number of nitrogens with one attached hydrogen (secondary N) is 1. The lowest BCUT2D eigenvalue weighted by Crippen LogP contribution is -2.16. The van der Waals surface area contributed by atoms with E-state index in [1.54, 1.807) is 28.8 Å². The van der Waals surface area contributed by atoms with Crippen LogP contribution in [0, 0.1) is 19.3 Å². The predicted molar refractivity (Wildman–Crippen MR) is 137 cm³/mol. The Bertz CT molecular complexity index is 1610. The van der Waals surface area contributed by atoms with Gasteiger partial charge in [-0.2, -0.15) is 4.99 Å². The molecule has 6 nitrogen and oxygen atoms in total. The number of thiazole rings is 1. The molecule has 0 bridgehead atoms. The van der Waals surface area contributed by atoms with Crippen molar-refractivity contribution >= 4 is 66.4 Å². The maximum atomic E-state index is 12.8. The number of fused-ring (bicyclic) bond motifs is 1. The molecule has 0 fully saturated rings. The highest BCUT2D eigenvalue weighted by molar-refractivity contribution is 7.92. The van der Waals surface area contributed by atoms with Crippen LogP contribution in [-0.4, -0.2) is 18.9 Å². The molecule has 0 radical (unpaired) electrons. The number of hydrogen-bond donors (Lipinski definition) is 1. The van der Waals surface area contributed by atoms with Crippen molar-refractivity contribution in [2.45, 2.75) is 18.4 Å². The van der Waals surface area contributed by atoms with Gasteiger partial charge in [0.2, 0.25) is 0 Å². The largest absolute Gasteiger partial charge is 0.303 e. The van der Waals surface area contributed by atoms with Crippen LogP contribution < -0.4 is 9.52 Å². The molecule has 0 spiro atoms. The minimum Gasteiger partial charge on any atom is -0.303 e. The van der Waals surface area contributed by atoms with Crippen molar-refractivity contribution in [2.24, 2.45) is 4.99 Å². The van der Waals surface area contributed by atoms with Gasteiger partial charge in [-0.05, 0) is 55.5 Å². The number of hydrogen-bond acceptors (Lipinski definition) is 4. The van der Waals surface area contributed by atoms with Crippen LogP contribution in [0.3, 0.4) is 0 Å². The summed E-state index contributed by atoms with van der Waals surface area (Å²) >= 11 is 13.8. The van der Waals surface area contributed by atoms with Crippen molar-refractivity contribution in [3.8, 4) is 12.3 Å². The molecule has 34 heavy (non-hydrogen) atoms. The van der Waals surface area contributed by atoms with Crippen LogP contribution in [0.1, 0.15) is 15.9 Å². The summed E-state index contributed by atoms with van der Waals surface area (Å²) in [5.74, 6) is 2.02. The van der Waals surface area contributed by atoms with Gasteiger partial charge in [-0.3, -0.25) is 9.52 Å². The van der Waals surface area contributed by atoms with Crippen molar-refractivity contribution in [2.75, 3.05) is 4.72 Å². The number of aryl methyl sites for hydroxylation is 1. The summed E-state index contributed by atoms with van der Waals surface area (Å²) < 4.78 is 30.0. The summed E-state index contributed by atoms with van der Waals surface area (Å²) in [6.45, 7) is 2.03. The Balaban J connectivity index is 1.64. The van der Waals surface area contributed by atoms with Gasteiger partial charge in [-0.15, -0.1) is 6.42 Å². The second-order valence-corrected chi connectivity index (χ2v) is 10.8. The monoisotopic (exact) mass is 529 g/mol. The highest BCUT2D eigenvalue weighted by atomic mass is 35.5. The average molecular weight is 530 g/mol. The third-order valence-corrected chi connectivity index (χ3v) is 8.13. The maximum Gasteiger partial charge on any atom is 0.279 e. The number of carbonyl (C=O) groups is 1. The van der Waals surface area contributed by atoms with Crippen LogP contribution in [0.2, 0.25) is 10.0 Å². The van der Waals surface area contributed by atoms with Crippen molar-refractivity contribution in [3.05, 3.63) is 86.6 Å². The number of terminal acetylenes is 1. The SMILES string of the molecule is C#CCn1c(=NC(=O)c2ccc(NS(=O)(=O)c3ccc(C)cc3)cc2)sc2c(Cl)ccc(Cl)c21. The standard InChI is InChI=1S/C24H17Cl2N3O3S2/c1-3-14-29-21-19(25)12-13-20(26)22(21)33-24(29)27-23(30)16-6-8-17(9-7-16)28-34(31,32)18-10-4-15(2)5-11-18/h1,4-13,28H,14H2,2H3. The number of aromatic nitrogens is 1. The summed E-state index contributed by atoms with van der Waals surface area (Å²) in [7, 11) is -3.75. The maximum absolute atomic E-state index is 12.8. The molecular weight excluding hydrogens is 513 g/mol. The summed E-state index contributed by atoms with van der Waals surface area (Å²) in [6, 6.07) is 15.8. The lowest BCUT2D eigenvalue weighted by Gasteiger charge is -2.08. The second-order valence-electron chi connectivity index (χ2n) is 7.29. The van der Waals surface area contributed by atoms with Gasteiger partial charge in [0.1, 0.15) is 0 Å². The molecule has 0 aliphatic rings. The average Bonchev–Trinajstić information content (AvgIpc) is 3.16. The third-order valence-electron chi connectivity index (χ3n) is 4.89. The van der Waals surface area contributed by atoms with Crippen LogP contribution in [0.15, 0.2) is 70.6 Å². The first-order valence-electron chi connectivity index (χ1n) is 9.89. The summed E-state index contributed by atoms with van der Waals surface area (Å²) in [5, 5.41) is 0.930. The first kappa shape index (κ1) is 24.0. The molecule has 1 N–H and O–H groups in total. The summed E-state index contributed by atoms with van der Waals surface area (Å²) in [5.41, 5.74) is 2.17. The Labute approximate surface area is 210 Å². The Morgan fingerprint density at radius 2 is 1.71 bits per heavy atom. The van der Waals surface area contributed by atoms with E-state index >= 15 is 0 Å². The van der Waals surface area contributed by atoms with E-state index in [1.807, 2.05) is 6.92 Å². The van der Waals surface area contributed by atoms with Gasteiger partial charge in [-0.25, -0.2) is 8.42 Å². The van der Waals surface area contributed by atoms with Crippen molar-refractivity contribution in [1.29, 1.82) is 0 Å².